The van der Waals surface area contributed by atoms with Crippen molar-refractivity contribution in [2.75, 3.05) is 29.3 Å². The quantitative estimate of drug-likeness (QED) is 0.453. The lowest BCUT2D eigenvalue weighted by molar-refractivity contribution is -0.114. The third kappa shape index (κ3) is 5.57. The molecular weight excluding hydrogens is 522 g/mol. The Morgan fingerprint density at radius 3 is 2.08 bits per heavy atom. The molecule has 1 N–H and O–H groups in total. The average Bonchev–Trinajstić information content (AvgIpc) is 3.40. The maximum atomic E-state index is 13.5. The molecule has 0 aliphatic carbocycles. The summed E-state index contributed by atoms with van der Waals surface area (Å²) in [6.07, 6.45) is 1.67. The Morgan fingerprint density at radius 1 is 0.889 bits per heavy atom. The molecule has 1 aliphatic rings. The van der Waals surface area contributed by atoms with Crippen molar-refractivity contribution in [3.05, 3.63) is 83.4 Å². The van der Waals surface area contributed by atoms with E-state index in [0.29, 0.717) is 18.8 Å². The number of nitrogens with one attached hydrogen (secondary N) is 1. The normalized spacial score (nSPS) is 14.5. The molecule has 1 aliphatic heterocycles. The Balaban J connectivity index is 1.56. The molecule has 1 fully saturated rings. The van der Waals surface area contributed by atoms with Gasteiger partial charge in [-0.15, -0.1) is 0 Å². The number of para-hydroxylation sites is 1. The molecule has 3 aromatic carbocycles. The molecule has 0 saturated carbocycles. The maximum absolute atomic E-state index is 13.5. The maximum Gasteiger partial charge on any atom is 0.264 e. The summed E-state index contributed by atoms with van der Waals surface area (Å²) in [5.74, 6) is -0.610. The summed E-state index contributed by atoms with van der Waals surface area (Å²) >= 11 is 6.30. The molecule has 0 atom stereocenters. The van der Waals surface area contributed by atoms with Crippen molar-refractivity contribution in [3.63, 3.8) is 0 Å². The number of anilines is 2. The van der Waals surface area contributed by atoms with Crippen LogP contribution in [0.3, 0.4) is 0 Å². The number of nitrogens with zero attached hydrogens (tertiary/aromatic N) is 2. The lowest BCUT2D eigenvalue weighted by atomic mass is 10.2. The number of carbonyl (C=O) groups excluding carboxylic acids is 1. The molecule has 11 heteroatoms. The van der Waals surface area contributed by atoms with Crippen LogP contribution in [0.25, 0.3) is 0 Å². The van der Waals surface area contributed by atoms with Crippen molar-refractivity contribution in [3.8, 4) is 0 Å². The minimum absolute atomic E-state index is 0.0253. The predicted octanol–water partition coefficient (Wildman–Crippen LogP) is 4.27. The van der Waals surface area contributed by atoms with Crippen LogP contribution < -0.4 is 9.62 Å². The van der Waals surface area contributed by atoms with Gasteiger partial charge in [0.1, 0.15) is 6.54 Å². The molecule has 0 radical (unpaired) electrons. The molecule has 3 aromatic rings. The van der Waals surface area contributed by atoms with E-state index in [1.54, 1.807) is 30.3 Å². The minimum atomic E-state index is -4.11. The molecule has 0 spiro atoms. The highest BCUT2D eigenvalue weighted by Gasteiger charge is 2.29. The zero-order chi connectivity index (χ0) is 25.9. The number of sulfonamides is 2. The van der Waals surface area contributed by atoms with Crippen molar-refractivity contribution in [2.24, 2.45) is 0 Å². The fraction of sp³-hybridized carbons (Fsp3) is 0.240. The Bertz CT molecular complexity index is 1450. The van der Waals surface area contributed by atoms with Crippen molar-refractivity contribution >= 4 is 48.9 Å². The van der Waals surface area contributed by atoms with Crippen LogP contribution in [0.1, 0.15) is 18.4 Å². The summed E-state index contributed by atoms with van der Waals surface area (Å²) < 4.78 is 54.8. The van der Waals surface area contributed by atoms with Crippen LogP contribution in [0.4, 0.5) is 11.4 Å². The first kappa shape index (κ1) is 26.2. The zero-order valence-corrected chi connectivity index (χ0v) is 22.0. The van der Waals surface area contributed by atoms with Crippen LogP contribution in [0.15, 0.2) is 82.6 Å². The van der Waals surface area contributed by atoms with Gasteiger partial charge in [0.05, 0.1) is 20.5 Å². The molecule has 8 nitrogen and oxygen atoms in total. The van der Waals surface area contributed by atoms with E-state index < -0.39 is 32.5 Å². The van der Waals surface area contributed by atoms with E-state index in [9.17, 15) is 21.6 Å². The van der Waals surface area contributed by atoms with Gasteiger partial charge in [-0.25, -0.2) is 16.8 Å². The number of hydrogen-bond acceptors (Lipinski definition) is 5. The first-order valence-corrected chi connectivity index (χ1v) is 14.6. The summed E-state index contributed by atoms with van der Waals surface area (Å²) in [7, 11) is -7.69. The molecule has 0 unspecified atom stereocenters. The van der Waals surface area contributed by atoms with Gasteiger partial charge in [-0.05, 0) is 68.3 Å². The highest BCUT2D eigenvalue weighted by molar-refractivity contribution is 7.93. The van der Waals surface area contributed by atoms with Gasteiger partial charge in [0.15, 0.2) is 0 Å². The molecule has 0 aromatic heterocycles. The summed E-state index contributed by atoms with van der Waals surface area (Å²) in [5, 5.41) is 2.82. The Kier molecular flexibility index (Phi) is 7.70. The van der Waals surface area contributed by atoms with Gasteiger partial charge >= 0.3 is 0 Å². The minimum Gasteiger partial charge on any atom is -0.325 e. The number of benzene rings is 3. The fourth-order valence-corrected chi connectivity index (χ4v) is 7.15. The van der Waals surface area contributed by atoms with Crippen molar-refractivity contribution < 1.29 is 21.6 Å². The lowest BCUT2D eigenvalue weighted by Crippen LogP contribution is -2.38. The van der Waals surface area contributed by atoms with Crippen molar-refractivity contribution in [1.82, 2.24) is 4.31 Å². The second-order valence-corrected chi connectivity index (χ2v) is 12.7. The van der Waals surface area contributed by atoms with Crippen LogP contribution in [-0.4, -0.2) is 46.7 Å². The highest BCUT2D eigenvalue weighted by Crippen LogP contribution is 2.30. The third-order valence-corrected chi connectivity index (χ3v) is 9.86. The average molecular weight is 548 g/mol. The number of amides is 1. The molecule has 1 heterocycles. The van der Waals surface area contributed by atoms with Crippen LogP contribution in [-0.2, 0) is 24.8 Å². The van der Waals surface area contributed by atoms with Crippen LogP contribution >= 0.6 is 11.6 Å². The Morgan fingerprint density at radius 2 is 1.47 bits per heavy atom. The molecule has 1 amide bonds. The monoisotopic (exact) mass is 547 g/mol. The molecular formula is C25H26ClN3O5S2. The van der Waals surface area contributed by atoms with Gasteiger partial charge in [-0.1, -0.05) is 41.4 Å². The van der Waals surface area contributed by atoms with E-state index in [1.165, 1.54) is 46.8 Å². The molecule has 36 heavy (non-hydrogen) atoms. The van der Waals surface area contributed by atoms with Crippen LogP contribution in [0.2, 0.25) is 5.02 Å². The number of hydrogen-bond donors (Lipinski definition) is 1. The largest absolute Gasteiger partial charge is 0.325 e. The first-order valence-electron chi connectivity index (χ1n) is 11.3. The van der Waals surface area contributed by atoms with E-state index in [-0.39, 0.29) is 20.5 Å². The number of carbonyl (C=O) groups is 1. The van der Waals surface area contributed by atoms with Gasteiger partial charge < -0.3 is 5.32 Å². The van der Waals surface area contributed by atoms with Gasteiger partial charge in [0, 0.05) is 18.8 Å². The Hall–Kier alpha value is -2.92. The number of rotatable bonds is 8. The van der Waals surface area contributed by atoms with E-state index in [1.807, 2.05) is 6.92 Å². The summed E-state index contributed by atoms with van der Waals surface area (Å²) in [6.45, 7) is 2.30. The molecule has 4 rings (SSSR count). The standard InChI is InChI=1S/C25H26ClN3O5S2/c1-19-8-12-22(13-9-19)36(33,34)29(24-7-3-2-6-23(24)26)18-25(30)27-20-10-14-21(15-11-20)35(31,32)28-16-4-5-17-28/h2-3,6-15H,4-5,16-18H2,1H3,(H,27,30). The summed E-state index contributed by atoms with van der Waals surface area (Å²) in [5.41, 5.74) is 1.40. The van der Waals surface area contributed by atoms with E-state index in [4.69, 9.17) is 11.6 Å². The van der Waals surface area contributed by atoms with Gasteiger partial charge in [0.25, 0.3) is 10.0 Å². The SMILES string of the molecule is Cc1ccc(S(=O)(=O)N(CC(=O)Nc2ccc(S(=O)(=O)N3CCCC3)cc2)c2ccccc2Cl)cc1. The number of halogens is 1. The summed E-state index contributed by atoms with van der Waals surface area (Å²) in [6, 6.07) is 18.5. The zero-order valence-electron chi connectivity index (χ0n) is 19.6. The Labute approximate surface area is 216 Å². The smallest absolute Gasteiger partial charge is 0.264 e. The second-order valence-electron chi connectivity index (χ2n) is 8.46. The van der Waals surface area contributed by atoms with E-state index in [2.05, 4.69) is 5.32 Å². The van der Waals surface area contributed by atoms with E-state index >= 15 is 0 Å². The lowest BCUT2D eigenvalue weighted by Gasteiger charge is -2.25. The third-order valence-electron chi connectivity index (χ3n) is 5.86. The van der Waals surface area contributed by atoms with Crippen LogP contribution in [0, 0.1) is 6.92 Å². The fourth-order valence-electron chi connectivity index (χ4n) is 3.91. The molecule has 190 valence electrons. The van der Waals surface area contributed by atoms with Gasteiger partial charge in [-0.3, -0.25) is 9.10 Å². The highest BCUT2D eigenvalue weighted by atomic mass is 35.5. The van der Waals surface area contributed by atoms with E-state index in [0.717, 1.165) is 22.7 Å². The van der Waals surface area contributed by atoms with Gasteiger partial charge in [-0.2, -0.15) is 4.31 Å². The number of aryl methyl sites for hydroxylation is 1. The van der Waals surface area contributed by atoms with Crippen molar-refractivity contribution in [2.45, 2.75) is 29.6 Å². The second kappa shape index (κ2) is 10.6. The first-order chi connectivity index (χ1) is 17.1. The molecule has 1 saturated heterocycles. The predicted molar refractivity (Wildman–Crippen MR) is 140 cm³/mol. The van der Waals surface area contributed by atoms with Crippen molar-refractivity contribution in [1.29, 1.82) is 0 Å². The van der Waals surface area contributed by atoms with Gasteiger partial charge in [0.2, 0.25) is 15.9 Å². The topological polar surface area (TPSA) is 104 Å². The molecule has 0 bridgehead atoms. The summed E-state index contributed by atoms with van der Waals surface area (Å²) in [4.78, 5) is 13.1. The van der Waals surface area contributed by atoms with Crippen LogP contribution in [0.5, 0.6) is 0 Å².